The first kappa shape index (κ1) is 25.1. The fourth-order valence-electron chi connectivity index (χ4n) is 2.82. The molecule has 0 aromatic heterocycles. The molecule has 0 bridgehead atoms. The van der Waals surface area contributed by atoms with Crippen molar-refractivity contribution in [2.75, 3.05) is 26.9 Å². The van der Waals surface area contributed by atoms with Gasteiger partial charge in [-0.2, -0.15) is 0 Å². The Morgan fingerprint density at radius 2 is 1.91 bits per heavy atom. The smallest absolute Gasteiger partial charge is 0.267 e. The second-order valence-electron chi connectivity index (χ2n) is 6.63. The van der Waals surface area contributed by atoms with Gasteiger partial charge in [0.05, 0.1) is 7.11 Å². The Morgan fingerprint density at radius 1 is 1.16 bits per heavy atom. The van der Waals surface area contributed by atoms with E-state index in [1.54, 1.807) is 13.2 Å². The predicted molar refractivity (Wildman–Crippen MR) is 125 cm³/mol. The fraction of sp³-hybridized carbons (Fsp3) is 0.320. The number of nitrogens with one attached hydrogen (secondary N) is 1. The first-order chi connectivity index (χ1) is 15.4. The highest BCUT2D eigenvalue weighted by Crippen LogP contribution is 2.31. The van der Waals surface area contributed by atoms with Gasteiger partial charge in [0.1, 0.15) is 19.0 Å². The highest BCUT2D eigenvalue weighted by atomic mass is 32.1. The number of carbonyl (C=O) groups excluding carboxylic acids is 1. The topological polar surface area (TPSA) is 56.8 Å². The van der Waals surface area contributed by atoms with Crippen molar-refractivity contribution >= 4 is 18.5 Å². The summed E-state index contributed by atoms with van der Waals surface area (Å²) in [6.07, 6.45) is 6.42. The van der Waals surface area contributed by atoms with Crippen LogP contribution in [0.25, 0.3) is 0 Å². The van der Waals surface area contributed by atoms with Crippen LogP contribution in [0.1, 0.15) is 24.5 Å². The van der Waals surface area contributed by atoms with Gasteiger partial charge in [-0.1, -0.05) is 37.0 Å². The molecule has 0 aliphatic rings. The van der Waals surface area contributed by atoms with E-state index in [9.17, 15) is 9.18 Å². The number of ether oxygens (including phenoxy) is 3. The largest absolute Gasteiger partial charge is 0.493 e. The molecular weight excluding hydrogens is 429 g/mol. The second-order valence-corrected chi connectivity index (χ2v) is 7.26. The van der Waals surface area contributed by atoms with Gasteiger partial charge in [-0.15, -0.1) is 25.0 Å². The molecule has 7 heteroatoms. The summed E-state index contributed by atoms with van der Waals surface area (Å²) < 4.78 is 29.9. The summed E-state index contributed by atoms with van der Waals surface area (Å²) in [6.45, 7) is 2.39. The number of benzene rings is 2. The summed E-state index contributed by atoms with van der Waals surface area (Å²) in [6, 6.07) is 10.9. The maximum atomic E-state index is 13.4. The molecule has 1 amide bonds. The lowest BCUT2D eigenvalue weighted by atomic mass is 10.1. The zero-order chi connectivity index (χ0) is 23.4. The van der Waals surface area contributed by atoms with Crippen LogP contribution in [0.2, 0.25) is 0 Å². The molecule has 32 heavy (non-hydrogen) atoms. The zero-order valence-corrected chi connectivity index (χ0v) is 19.0. The van der Waals surface area contributed by atoms with Gasteiger partial charge in [0.2, 0.25) is 4.93 Å². The summed E-state index contributed by atoms with van der Waals surface area (Å²) in [7, 11) is 1.54. The van der Waals surface area contributed by atoms with E-state index in [4.69, 9.17) is 20.6 Å². The van der Waals surface area contributed by atoms with Gasteiger partial charge < -0.3 is 19.5 Å². The molecule has 1 atom stereocenters. The third-order valence-corrected chi connectivity index (χ3v) is 5.03. The lowest BCUT2D eigenvalue weighted by molar-refractivity contribution is -0.135. The van der Waals surface area contributed by atoms with Crippen molar-refractivity contribution in [1.82, 2.24) is 5.32 Å². The van der Waals surface area contributed by atoms with Gasteiger partial charge in [0.25, 0.3) is 5.91 Å². The molecular formula is C25H26FNO4S. The van der Waals surface area contributed by atoms with E-state index in [0.717, 1.165) is 5.56 Å². The molecule has 0 fully saturated rings. The highest BCUT2D eigenvalue weighted by molar-refractivity contribution is 7.82. The number of methoxy groups -OCH3 is 1. The summed E-state index contributed by atoms with van der Waals surface area (Å²) in [5.41, 5.74) is 1.34. The van der Waals surface area contributed by atoms with E-state index < -0.39 is 16.7 Å². The SMILES string of the molecule is C#CCOc1ccc(CCNC(=O)C(S)(OCC#CCC)c2ccc(F)cc2)cc1OC. The van der Waals surface area contributed by atoms with Crippen molar-refractivity contribution in [2.45, 2.75) is 24.7 Å². The lowest BCUT2D eigenvalue weighted by Gasteiger charge is -2.27. The molecule has 5 nitrogen and oxygen atoms in total. The number of amides is 1. The van der Waals surface area contributed by atoms with Crippen LogP contribution < -0.4 is 14.8 Å². The molecule has 0 heterocycles. The normalized spacial score (nSPS) is 12.0. The van der Waals surface area contributed by atoms with Crippen LogP contribution in [-0.4, -0.2) is 32.8 Å². The monoisotopic (exact) mass is 455 g/mol. The van der Waals surface area contributed by atoms with E-state index in [-0.39, 0.29) is 13.2 Å². The van der Waals surface area contributed by atoms with Crippen LogP contribution in [0.4, 0.5) is 4.39 Å². The Balaban J connectivity index is 2.08. The molecule has 168 valence electrons. The number of carbonyl (C=O) groups is 1. The summed E-state index contributed by atoms with van der Waals surface area (Å²) in [5.74, 6) is 8.33. The maximum absolute atomic E-state index is 13.4. The summed E-state index contributed by atoms with van der Waals surface area (Å²) in [4.78, 5) is 11.4. The van der Waals surface area contributed by atoms with Crippen molar-refractivity contribution < 1.29 is 23.4 Å². The van der Waals surface area contributed by atoms with Crippen LogP contribution in [-0.2, 0) is 20.9 Å². The third kappa shape index (κ3) is 6.95. The number of terminal acetylenes is 1. The summed E-state index contributed by atoms with van der Waals surface area (Å²) >= 11 is 4.50. The van der Waals surface area contributed by atoms with Gasteiger partial charge in [-0.25, -0.2) is 4.39 Å². The zero-order valence-electron chi connectivity index (χ0n) is 18.1. The van der Waals surface area contributed by atoms with Gasteiger partial charge >= 0.3 is 0 Å². The maximum Gasteiger partial charge on any atom is 0.267 e. The van der Waals surface area contributed by atoms with Gasteiger partial charge in [0.15, 0.2) is 11.5 Å². The van der Waals surface area contributed by atoms with E-state index in [0.29, 0.717) is 36.4 Å². The molecule has 2 aromatic rings. The molecule has 0 aliphatic carbocycles. The summed E-state index contributed by atoms with van der Waals surface area (Å²) in [5, 5.41) is 2.83. The van der Waals surface area contributed by atoms with E-state index in [1.807, 2.05) is 19.1 Å². The van der Waals surface area contributed by atoms with E-state index >= 15 is 0 Å². The Morgan fingerprint density at radius 3 is 2.56 bits per heavy atom. The molecule has 0 radical (unpaired) electrons. The number of thiol groups is 1. The van der Waals surface area contributed by atoms with Crippen LogP contribution in [0.5, 0.6) is 11.5 Å². The molecule has 0 saturated heterocycles. The Bertz CT molecular complexity index is 1010. The van der Waals surface area contributed by atoms with Gasteiger partial charge in [-0.3, -0.25) is 4.79 Å². The second kappa shape index (κ2) is 12.7. The van der Waals surface area contributed by atoms with Crippen molar-refractivity contribution in [2.24, 2.45) is 0 Å². The highest BCUT2D eigenvalue weighted by Gasteiger charge is 2.37. The van der Waals surface area contributed by atoms with Crippen molar-refractivity contribution in [3.05, 3.63) is 59.4 Å². The minimum atomic E-state index is -1.61. The first-order valence-corrected chi connectivity index (χ1v) is 10.5. The number of rotatable bonds is 10. The minimum absolute atomic E-state index is 0.0124. The minimum Gasteiger partial charge on any atom is -0.493 e. The molecule has 0 saturated carbocycles. The van der Waals surface area contributed by atoms with Crippen molar-refractivity contribution in [3.8, 4) is 35.7 Å². The Hall–Kier alpha value is -3.13. The molecule has 1 unspecified atom stereocenters. The standard InChI is InChI=1S/C25H26FNO4S/c1-4-6-7-17-31-25(32,20-9-11-21(26)12-10-20)24(28)27-15-14-19-8-13-22(30-16-5-2)23(18-19)29-3/h2,8-13,18,32H,4,14-17H2,1,3H3,(H,27,28). The van der Waals surface area contributed by atoms with Gasteiger partial charge in [-0.05, 0) is 36.2 Å². The van der Waals surface area contributed by atoms with Crippen LogP contribution in [0.15, 0.2) is 42.5 Å². The molecule has 0 spiro atoms. The third-order valence-electron chi connectivity index (χ3n) is 4.44. The Kier molecular flexibility index (Phi) is 9.94. The van der Waals surface area contributed by atoms with Crippen molar-refractivity contribution in [1.29, 1.82) is 0 Å². The predicted octanol–water partition coefficient (Wildman–Crippen LogP) is 3.72. The average molecular weight is 456 g/mol. The van der Waals surface area contributed by atoms with Crippen LogP contribution in [0, 0.1) is 30.0 Å². The number of hydrogen-bond acceptors (Lipinski definition) is 5. The Labute approximate surface area is 194 Å². The number of hydrogen-bond donors (Lipinski definition) is 2. The average Bonchev–Trinajstić information content (AvgIpc) is 2.81. The molecule has 0 aliphatic heterocycles. The lowest BCUT2D eigenvalue weighted by Crippen LogP contribution is -2.43. The van der Waals surface area contributed by atoms with Crippen molar-refractivity contribution in [3.63, 3.8) is 0 Å². The van der Waals surface area contributed by atoms with Gasteiger partial charge in [0, 0.05) is 18.5 Å². The van der Waals surface area contributed by atoms with E-state index in [1.165, 1.54) is 24.3 Å². The quantitative estimate of drug-likeness (QED) is 0.326. The molecule has 2 aromatic carbocycles. The molecule has 1 N–H and O–H groups in total. The van der Waals surface area contributed by atoms with Crippen LogP contribution >= 0.6 is 12.6 Å². The number of halogens is 1. The van der Waals surface area contributed by atoms with E-state index in [2.05, 4.69) is 35.7 Å². The molecule has 2 rings (SSSR count). The van der Waals surface area contributed by atoms with Crippen LogP contribution in [0.3, 0.4) is 0 Å². The fourth-order valence-corrected chi connectivity index (χ4v) is 3.11. The first-order valence-electron chi connectivity index (χ1n) is 10.0.